The second-order valence-electron chi connectivity index (χ2n) is 4.62. The summed E-state index contributed by atoms with van der Waals surface area (Å²) >= 11 is 0. The molecule has 88 valence electrons. The zero-order valence-corrected chi connectivity index (χ0v) is 10.1. The SMILES string of the molecule is Cc1cnc(CN(C)CCNC2CC2)cn1. The topological polar surface area (TPSA) is 41.1 Å². The van der Waals surface area contributed by atoms with Crippen LogP contribution in [0.15, 0.2) is 12.4 Å². The van der Waals surface area contributed by atoms with Gasteiger partial charge in [-0.3, -0.25) is 14.9 Å². The molecule has 0 radical (unpaired) electrons. The molecule has 1 aromatic rings. The van der Waals surface area contributed by atoms with Crippen molar-refractivity contribution in [3.05, 3.63) is 23.8 Å². The minimum absolute atomic E-state index is 0.799. The molecular formula is C12H20N4. The Kier molecular flexibility index (Phi) is 3.85. The van der Waals surface area contributed by atoms with E-state index in [9.17, 15) is 0 Å². The van der Waals surface area contributed by atoms with Crippen molar-refractivity contribution in [2.45, 2.75) is 32.4 Å². The normalized spacial score (nSPS) is 15.7. The molecule has 1 heterocycles. The lowest BCUT2D eigenvalue weighted by Gasteiger charge is -2.16. The standard InChI is InChI=1S/C12H20N4/c1-10-7-15-12(8-14-10)9-16(2)6-5-13-11-3-4-11/h7-8,11,13H,3-6,9H2,1-2H3. The summed E-state index contributed by atoms with van der Waals surface area (Å²) in [7, 11) is 2.12. The monoisotopic (exact) mass is 220 g/mol. The first kappa shape index (κ1) is 11.5. The zero-order valence-electron chi connectivity index (χ0n) is 10.1. The fourth-order valence-corrected chi connectivity index (χ4v) is 1.60. The van der Waals surface area contributed by atoms with Crippen LogP contribution in [0.2, 0.25) is 0 Å². The Balaban J connectivity index is 1.68. The summed E-state index contributed by atoms with van der Waals surface area (Å²) in [5, 5.41) is 3.50. The van der Waals surface area contributed by atoms with Crippen molar-refractivity contribution in [1.29, 1.82) is 0 Å². The van der Waals surface area contributed by atoms with Gasteiger partial charge in [-0.1, -0.05) is 0 Å². The Morgan fingerprint density at radius 2 is 2.19 bits per heavy atom. The molecule has 0 unspecified atom stereocenters. The predicted molar refractivity (Wildman–Crippen MR) is 64.1 cm³/mol. The predicted octanol–water partition coefficient (Wildman–Crippen LogP) is 0.969. The van der Waals surface area contributed by atoms with Gasteiger partial charge in [0, 0.05) is 38.1 Å². The number of likely N-dealkylation sites (N-methyl/N-ethyl adjacent to an activating group) is 1. The summed E-state index contributed by atoms with van der Waals surface area (Å²) in [6, 6.07) is 0.799. The van der Waals surface area contributed by atoms with Gasteiger partial charge in [0.15, 0.2) is 0 Å². The first-order valence-electron chi connectivity index (χ1n) is 5.93. The number of hydrogen-bond acceptors (Lipinski definition) is 4. The lowest BCUT2D eigenvalue weighted by atomic mass is 10.4. The van der Waals surface area contributed by atoms with E-state index in [-0.39, 0.29) is 0 Å². The molecular weight excluding hydrogens is 200 g/mol. The first-order valence-corrected chi connectivity index (χ1v) is 5.93. The summed E-state index contributed by atoms with van der Waals surface area (Å²) < 4.78 is 0. The van der Waals surface area contributed by atoms with E-state index in [4.69, 9.17) is 0 Å². The van der Waals surface area contributed by atoms with Crippen LogP contribution >= 0.6 is 0 Å². The van der Waals surface area contributed by atoms with Gasteiger partial charge in [0.25, 0.3) is 0 Å². The van der Waals surface area contributed by atoms with Crippen molar-refractivity contribution in [2.24, 2.45) is 0 Å². The van der Waals surface area contributed by atoms with Gasteiger partial charge < -0.3 is 5.32 Å². The molecule has 0 amide bonds. The minimum atomic E-state index is 0.799. The molecule has 4 heteroatoms. The lowest BCUT2D eigenvalue weighted by Crippen LogP contribution is -2.30. The Labute approximate surface area is 97.1 Å². The third kappa shape index (κ3) is 3.87. The van der Waals surface area contributed by atoms with E-state index in [0.717, 1.165) is 37.1 Å². The highest BCUT2D eigenvalue weighted by Crippen LogP contribution is 2.17. The van der Waals surface area contributed by atoms with Gasteiger partial charge in [-0.25, -0.2) is 0 Å². The van der Waals surface area contributed by atoms with E-state index in [2.05, 4.69) is 27.2 Å². The molecule has 2 rings (SSSR count). The summed E-state index contributed by atoms with van der Waals surface area (Å²) in [5.74, 6) is 0. The smallest absolute Gasteiger partial charge is 0.0726 e. The Morgan fingerprint density at radius 3 is 2.81 bits per heavy atom. The minimum Gasteiger partial charge on any atom is -0.313 e. The number of rotatable bonds is 6. The van der Waals surface area contributed by atoms with Crippen molar-refractivity contribution in [3.8, 4) is 0 Å². The third-order valence-electron chi connectivity index (χ3n) is 2.77. The number of aromatic nitrogens is 2. The summed E-state index contributed by atoms with van der Waals surface area (Å²) in [6.45, 7) is 4.96. The molecule has 0 spiro atoms. The first-order chi connectivity index (χ1) is 7.74. The Morgan fingerprint density at radius 1 is 1.38 bits per heavy atom. The average molecular weight is 220 g/mol. The molecule has 1 saturated carbocycles. The van der Waals surface area contributed by atoms with Crippen LogP contribution in [-0.4, -0.2) is 41.0 Å². The molecule has 0 saturated heterocycles. The quantitative estimate of drug-likeness (QED) is 0.775. The summed E-state index contributed by atoms with van der Waals surface area (Å²) in [5.41, 5.74) is 2.02. The highest BCUT2D eigenvalue weighted by Gasteiger charge is 2.19. The Bertz CT molecular complexity index is 318. The molecule has 1 fully saturated rings. The fourth-order valence-electron chi connectivity index (χ4n) is 1.60. The van der Waals surface area contributed by atoms with E-state index in [1.165, 1.54) is 12.8 Å². The van der Waals surface area contributed by atoms with Crippen LogP contribution in [0, 0.1) is 6.92 Å². The van der Waals surface area contributed by atoms with Crippen molar-refractivity contribution < 1.29 is 0 Å². The van der Waals surface area contributed by atoms with Gasteiger partial charge in [0.2, 0.25) is 0 Å². The van der Waals surface area contributed by atoms with E-state index in [1.807, 2.05) is 19.3 Å². The fraction of sp³-hybridized carbons (Fsp3) is 0.667. The van der Waals surface area contributed by atoms with Crippen molar-refractivity contribution >= 4 is 0 Å². The molecule has 0 bridgehead atoms. The maximum atomic E-state index is 4.35. The summed E-state index contributed by atoms with van der Waals surface area (Å²) in [6.07, 6.45) is 6.39. The second-order valence-corrected chi connectivity index (χ2v) is 4.62. The van der Waals surface area contributed by atoms with Gasteiger partial charge in [-0.05, 0) is 26.8 Å². The van der Waals surface area contributed by atoms with E-state index < -0.39 is 0 Å². The third-order valence-corrected chi connectivity index (χ3v) is 2.77. The lowest BCUT2D eigenvalue weighted by molar-refractivity contribution is 0.319. The van der Waals surface area contributed by atoms with E-state index >= 15 is 0 Å². The van der Waals surface area contributed by atoms with Crippen molar-refractivity contribution in [2.75, 3.05) is 20.1 Å². The second kappa shape index (κ2) is 5.37. The highest BCUT2D eigenvalue weighted by atomic mass is 15.1. The van der Waals surface area contributed by atoms with Gasteiger partial charge >= 0.3 is 0 Å². The Hall–Kier alpha value is -1.00. The van der Waals surface area contributed by atoms with Crippen molar-refractivity contribution in [3.63, 3.8) is 0 Å². The number of aryl methyl sites for hydroxylation is 1. The van der Waals surface area contributed by atoms with Crippen LogP contribution in [0.3, 0.4) is 0 Å². The molecule has 4 nitrogen and oxygen atoms in total. The van der Waals surface area contributed by atoms with Crippen LogP contribution < -0.4 is 5.32 Å². The van der Waals surface area contributed by atoms with Crippen LogP contribution in [-0.2, 0) is 6.54 Å². The zero-order chi connectivity index (χ0) is 11.4. The average Bonchev–Trinajstić information content (AvgIpc) is 3.05. The molecule has 1 aromatic heterocycles. The molecule has 1 aliphatic rings. The van der Waals surface area contributed by atoms with Crippen LogP contribution in [0.4, 0.5) is 0 Å². The number of nitrogens with zero attached hydrogens (tertiary/aromatic N) is 3. The van der Waals surface area contributed by atoms with Gasteiger partial charge in [0.05, 0.1) is 11.4 Å². The van der Waals surface area contributed by atoms with E-state index in [1.54, 1.807) is 0 Å². The van der Waals surface area contributed by atoms with Crippen LogP contribution in [0.25, 0.3) is 0 Å². The van der Waals surface area contributed by atoms with E-state index in [0.29, 0.717) is 0 Å². The maximum absolute atomic E-state index is 4.35. The molecule has 1 N–H and O–H groups in total. The molecule has 0 atom stereocenters. The van der Waals surface area contributed by atoms with Crippen molar-refractivity contribution in [1.82, 2.24) is 20.2 Å². The van der Waals surface area contributed by atoms with Crippen LogP contribution in [0.1, 0.15) is 24.2 Å². The molecule has 1 aliphatic carbocycles. The maximum Gasteiger partial charge on any atom is 0.0726 e. The number of nitrogens with one attached hydrogen (secondary N) is 1. The molecule has 0 aromatic carbocycles. The van der Waals surface area contributed by atoms with Crippen LogP contribution in [0.5, 0.6) is 0 Å². The largest absolute Gasteiger partial charge is 0.313 e. The number of hydrogen-bond donors (Lipinski definition) is 1. The van der Waals surface area contributed by atoms with Gasteiger partial charge in [-0.15, -0.1) is 0 Å². The molecule has 0 aliphatic heterocycles. The van der Waals surface area contributed by atoms with Gasteiger partial charge in [-0.2, -0.15) is 0 Å². The molecule has 16 heavy (non-hydrogen) atoms. The summed E-state index contributed by atoms with van der Waals surface area (Å²) in [4.78, 5) is 10.9. The van der Waals surface area contributed by atoms with Gasteiger partial charge in [0.1, 0.15) is 0 Å². The highest BCUT2D eigenvalue weighted by molar-refractivity contribution is 5.00.